The first kappa shape index (κ1) is 5.67. The van der Waals surface area contributed by atoms with Gasteiger partial charge in [0.05, 0.1) is 0 Å². The molecule has 1 nitrogen and oxygen atoms in total. The molecule has 0 amide bonds. The van der Waals surface area contributed by atoms with Crippen LogP contribution in [0.2, 0.25) is 0 Å². The second kappa shape index (κ2) is 2.88. The molecule has 0 rings (SSSR count). The van der Waals surface area contributed by atoms with Gasteiger partial charge in [0.15, 0.2) is 0 Å². The van der Waals surface area contributed by atoms with E-state index in [1.54, 1.807) is 0 Å². The van der Waals surface area contributed by atoms with Gasteiger partial charge in [-0.3, -0.25) is 4.99 Å². The highest BCUT2D eigenvalue weighted by Gasteiger charge is 1.83. The topological polar surface area (TPSA) is 14.0 Å². The van der Waals surface area contributed by atoms with Crippen molar-refractivity contribution in [3.63, 3.8) is 0 Å². The molecule has 0 spiro atoms. The highest BCUT2D eigenvalue weighted by molar-refractivity contribution is 5.52. The quantitative estimate of drug-likeness (QED) is 0.411. The van der Waals surface area contributed by atoms with Gasteiger partial charge >= 0.3 is 0 Å². The van der Waals surface area contributed by atoms with Crippen molar-refractivity contribution >= 4 is 6.21 Å². The minimum atomic E-state index is 0.662. The molecular weight excluding hydrogens is 74.1 g/mol. The van der Waals surface area contributed by atoms with E-state index in [2.05, 4.69) is 18.8 Å². The molecule has 0 unspecified atom stereocenters. The van der Waals surface area contributed by atoms with Crippen LogP contribution < -0.4 is 4.99 Å². The van der Waals surface area contributed by atoms with Crippen LogP contribution in [0.5, 0.6) is 0 Å². The first-order chi connectivity index (χ1) is 2.77. The first-order valence-corrected chi connectivity index (χ1v) is 2.28. The Balaban J connectivity index is 3.03. The minimum Gasteiger partial charge on any atom is -0.254 e. The van der Waals surface area contributed by atoms with Crippen LogP contribution in [-0.4, -0.2) is 13.3 Å². The normalized spacial score (nSPS) is 11.3. The maximum absolute atomic E-state index is 2.94. The summed E-state index contributed by atoms with van der Waals surface area (Å²) in [6, 6.07) is 0. The molecule has 0 aliphatic rings. The van der Waals surface area contributed by atoms with Crippen LogP contribution in [0.4, 0.5) is 0 Å². The summed E-state index contributed by atoms with van der Waals surface area (Å²) in [5.41, 5.74) is 0. The van der Waals surface area contributed by atoms with Gasteiger partial charge in [-0.05, 0) is 0 Å². The second-order valence-electron chi connectivity index (χ2n) is 1.70. The molecular formula is C5H12N+. The van der Waals surface area contributed by atoms with Crippen LogP contribution in [0.1, 0.15) is 13.8 Å². The molecule has 0 saturated heterocycles. The summed E-state index contributed by atoms with van der Waals surface area (Å²) in [5, 5.41) is 0. The number of nitrogens with one attached hydrogen (secondary N) is 1. The Morgan fingerprint density at radius 1 is 1.50 bits per heavy atom. The molecule has 1 N–H and O–H groups in total. The smallest absolute Gasteiger partial charge is 0.140 e. The van der Waals surface area contributed by atoms with Crippen LogP contribution in [0.25, 0.3) is 0 Å². The molecule has 36 valence electrons. The molecule has 0 aromatic carbocycles. The fraction of sp³-hybridized carbons (Fsp3) is 0.800. The SMILES string of the molecule is C[NH+]=CC(C)C. The van der Waals surface area contributed by atoms with Crippen LogP contribution >= 0.6 is 0 Å². The van der Waals surface area contributed by atoms with Crippen molar-refractivity contribution < 1.29 is 4.99 Å². The highest BCUT2D eigenvalue weighted by atomic mass is 14.6. The predicted molar refractivity (Wildman–Crippen MR) is 27.8 cm³/mol. The summed E-state index contributed by atoms with van der Waals surface area (Å²) < 4.78 is 0. The van der Waals surface area contributed by atoms with Crippen LogP contribution in [0.15, 0.2) is 0 Å². The Morgan fingerprint density at radius 2 is 2.00 bits per heavy atom. The lowest BCUT2D eigenvalue weighted by Crippen LogP contribution is -2.63. The maximum atomic E-state index is 2.94. The lowest BCUT2D eigenvalue weighted by Gasteiger charge is -1.80. The van der Waals surface area contributed by atoms with Gasteiger partial charge in [0.2, 0.25) is 0 Å². The van der Waals surface area contributed by atoms with Crippen LogP contribution in [-0.2, 0) is 0 Å². The summed E-state index contributed by atoms with van der Waals surface area (Å²) in [6.07, 6.45) is 2.04. The number of rotatable bonds is 1. The van der Waals surface area contributed by atoms with Gasteiger partial charge in [-0.2, -0.15) is 0 Å². The average molecular weight is 86.2 g/mol. The van der Waals surface area contributed by atoms with E-state index < -0.39 is 0 Å². The first-order valence-electron chi connectivity index (χ1n) is 2.28. The molecule has 0 radical (unpaired) electrons. The van der Waals surface area contributed by atoms with Crippen molar-refractivity contribution in [2.75, 3.05) is 7.05 Å². The zero-order valence-electron chi connectivity index (χ0n) is 4.65. The van der Waals surface area contributed by atoms with Crippen molar-refractivity contribution in [2.24, 2.45) is 5.92 Å². The van der Waals surface area contributed by atoms with E-state index in [4.69, 9.17) is 0 Å². The van der Waals surface area contributed by atoms with Gasteiger partial charge in [-0.25, -0.2) is 0 Å². The lowest BCUT2D eigenvalue weighted by atomic mass is 10.3. The summed E-state index contributed by atoms with van der Waals surface area (Å²) >= 11 is 0. The zero-order chi connectivity index (χ0) is 4.99. The van der Waals surface area contributed by atoms with E-state index in [1.807, 2.05) is 13.3 Å². The van der Waals surface area contributed by atoms with E-state index in [0.717, 1.165) is 0 Å². The number of hydrogen-bond donors (Lipinski definition) is 1. The Morgan fingerprint density at radius 3 is 2.00 bits per heavy atom. The van der Waals surface area contributed by atoms with Gasteiger partial charge in [-0.1, -0.05) is 13.8 Å². The monoisotopic (exact) mass is 86.1 g/mol. The summed E-state index contributed by atoms with van der Waals surface area (Å²) in [7, 11) is 1.92. The predicted octanol–water partition coefficient (Wildman–Crippen LogP) is -0.576. The summed E-state index contributed by atoms with van der Waals surface area (Å²) in [4.78, 5) is 2.94. The molecule has 1 heteroatoms. The Kier molecular flexibility index (Phi) is 2.73. The Labute approximate surface area is 39.1 Å². The molecule has 6 heavy (non-hydrogen) atoms. The molecule has 0 aromatic heterocycles. The van der Waals surface area contributed by atoms with Crippen LogP contribution in [0, 0.1) is 5.92 Å². The van der Waals surface area contributed by atoms with Gasteiger partial charge in [0.25, 0.3) is 0 Å². The largest absolute Gasteiger partial charge is 0.254 e. The molecule has 0 atom stereocenters. The summed E-state index contributed by atoms with van der Waals surface area (Å²) in [6.45, 7) is 4.27. The molecule has 0 aliphatic heterocycles. The Bertz CT molecular complexity index is 45.9. The van der Waals surface area contributed by atoms with Gasteiger partial charge in [-0.15, -0.1) is 0 Å². The van der Waals surface area contributed by atoms with E-state index >= 15 is 0 Å². The van der Waals surface area contributed by atoms with E-state index in [0.29, 0.717) is 5.92 Å². The highest BCUT2D eigenvalue weighted by Crippen LogP contribution is 1.77. The van der Waals surface area contributed by atoms with Gasteiger partial charge in [0.1, 0.15) is 13.3 Å². The molecule has 0 saturated carbocycles. The fourth-order valence-corrected chi connectivity index (χ4v) is 0.333. The van der Waals surface area contributed by atoms with Crippen LogP contribution in [0.3, 0.4) is 0 Å². The van der Waals surface area contributed by atoms with E-state index in [1.165, 1.54) is 0 Å². The van der Waals surface area contributed by atoms with Crippen molar-refractivity contribution in [3.05, 3.63) is 0 Å². The summed E-state index contributed by atoms with van der Waals surface area (Å²) in [5.74, 6) is 0.662. The molecule has 0 aliphatic carbocycles. The van der Waals surface area contributed by atoms with Crippen molar-refractivity contribution in [1.82, 2.24) is 0 Å². The molecule has 0 fully saturated rings. The third kappa shape index (κ3) is 3.67. The van der Waals surface area contributed by atoms with E-state index in [-0.39, 0.29) is 0 Å². The fourth-order valence-electron chi connectivity index (χ4n) is 0.333. The molecule has 0 bridgehead atoms. The van der Waals surface area contributed by atoms with Crippen molar-refractivity contribution in [1.29, 1.82) is 0 Å². The van der Waals surface area contributed by atoms with Gasteiger partial charge in [0, 0.05) is 5.92 Å². The van der Waals surface area contributed by atoms with Crippen molar-refractivity contribution in [3.8, 4) is 0 Å². The molecule has 0 heterocycles. The third-order valence-corrected chi connectivity index (χ3v) is 0.500. The van der Waals surface area contributed by atoms with Crippen molar-refractivity contribution in [2.45, 2.75) is 13.8 Å². The Hall–Kier alpha value is -0.330. The number of hydrogen-bond acceptors (Lipinski definition) is 0. The average Bonchev–Trinajstić information content (AvgIpc) is 1.35. The maximum Gasteiger partial charge on any atom is 0.140 e. The standard InChI is InChI=1S/C5H11N/c1-5(2)4-6-3/h4-5H,1-3H3/p+1. The third-order valence-electron chi connectivity index (χ3n) is 0.500. The zero-order valence-corrected chi connectivity index (χ0v) is 4.65. The second-order valence-corrected chi connectivity index (χ2v) is 1.70. The molecule has 0 aromatic rings. The van der Waals surface area contributed by atoms with Gasteiger partial charge < -0.3 is 0 Å². The minimum absolute atomic E-state index is 0.662. The lowest BCUT2D eigenvalue weighted by molar-refractivity contribution is -0.416. The van der Waals surface area contributed by atoms with E-state index in [9.17, 15) is 0 Å².